The number of carbonyl (C=O) groups is 3. The Bertz CT molecular complexity index is 1480. The van der Waals surface area contributed by atoms with Gasteiger partial charge in [-0.15, -0.1) is 0 Å². The van der Waals surface area contributed by atoms with Crippen LogP contribution >= 0.6 is 0 Å². The highest BCUT2D eigenvalue weighted by Gasteiger charge is 2.28. The fourth-order valence-electron chi connectivity index (χ4n) is 4.10. The van der Waals surface area contributed by atoms with Crippen LogP contribution in [-0.2, 0) is 31.9 Å². The van der Waals surface area contributed by atoms with Gasteiger partial charge in [-0.2, -0.15) is 8.78 Å². The highest BCUT2D eigenvalue weighted by atomic mass is 19.3. The molecule has 10 heteroatoms. The van der Waals surface area contributed by atoms with E-state index in [1.807, 2.05) is 6.07 Å². The van der Waals surface area contributed by atoms with E-state index < -0.39 is 30.4 Å². The van der Waals surface area contributed by atoms with Crippen LogP contribution in [0, 0.1) is 0 Å². The summed E-state index contributed by atoms with van der Waals surface area (Å²) in [7, 11) is 1.20. The molecule has 0 aliphatic heterocycles. The summed E-state index contributed by atoms with van der Waals surface area (Å²) in [6, 6.07) is 16.4. The molecule has 1 heterocycles. The molecule has 0 aliphatic rings. The molecule has 0 bridgehead atoms. The van der Waals surface area contributed by atoms with E-state index in [-0.39, 0.29) is 46.1 Å². The van der Waals surface area contributed by atoms with Crippen molar-refractivity contribution >= 4 is 34.8 Å². The van der Waals surface area contributed by atoms with Crippen molar-refractivity contribution < 1.29 is 37.1 Å². The second-order valence-electron chi connectivity index (χ2n) is 8.57. The first kappa shape index (κ1) is 29.8. The van der Waals surface area contributed by atoms with Crippen molar-refractivity contribution in [1.82, 2.24) is 5.32 Å². The zero-order valence-electron chi connectivity index (χ0n) is 22.3. The summed E-state index contributed by atoms with van der Waals surface area (Å²) in [5.41, 5.74) is 0.740. The number of esters is 1. The van der Waals surface area contributed by atoms with Gasteiger partial charge in [0.15, 0.2) is 5.42 Å². The third-order valence-electron chi connectivity index (χ3n) is 5.94. The topological polar surface area (TPSA) is 107 Å². The van der Waals surface area contributed by atoms with Gasteiger partial charge >= 0.3 is 12.6 Å². The van der Waals surface area contributed by atoms with Gasteiger partial charge in [-0.05, 0) is 24.6 Å². The van der Waals surface area contributed by atoms with Gasteiger partial charge in [0.25, 0.3) is 11.8 Å². The predicted molar refractivity (Wildman–Crippen MR) is 146 cm³/mol. The fourth-order valence-corrected chi connectivity index (χ4v) is 4.10. The van der Waals surface area contributed by atoms with Crippen LogP contribution in [0.25, 0.3) is 11.3 Å². The normalized spacial score (nSPS) is 13.2. The number of halogens is 2. The molecule has 2 aromatic carbocycles. The van der Waals surface area contributed by atoms with E-state index in [4.69, 9.17) is 9.15 Å². The number of methoxy groups -OCH3 is 1. The number of furan rings is 1. The first-order valence-electron chi connectivity index (χ1n) is 12.4. The van der Waals surface area contributed by atoms with E-state index in [2.05, 4.69) is 21.9 Å². The summed E-state index contributed by atoms with van der Waals surface area (Å²) in [6.45, 7) is 3.45. The van der Waals surface area contributed by atoms with Crippen molar-refractivity contribution in [3.8, 4) is 0 Å². The van der Waals surface area contributed by atoms with Crippen molar-refractivity contribution in [3.05, 3.63) is 101 Å². The molecule has 1 aromatic heterocycles. The van der Waals surface area contributed by atoms with E-state index in [1.165, 1.54) is 20.1 Å². The Balaban J connectivity index is 2.22. The summed E-state index contributed by atoms with van der Waals surface area (Å²) in [4.78, 5) is 39.7. The highest BCUT2D eigenvalue weighted by Crippen LogP contribution is 2.13. The third kappa shape index (κ3) is 7.22. The fraction of sp³-hybridized carbons (Fsp3) is 0.233. The zero-order valence-corrected chi connectivity index (χ0v) is 22.3. The minimum atomic E-state index is -3.18. The maximum Gasteiger partial charge on any atom is 0.387 e. The van der Waals surface area contributed by atoms with Crippen LogP contribution in [0.1, 0.15) is 35.5 Å². The lowest BCUT2D eigenvalue weighted by Gasteiger charge is -2.17. The minimum absolute atomic E-state index is 0.0925. The first-order chi connectivity index (χ1) is 19.2. The number of alkyl halides is 2. The van der Waals surface area contributed by atoms with Gasteiger partial charge in [0.1, 0.15) is 17.6 Å². The summed E-state index contributed by atoms with van der Waals surface area (Å²) in [6.07, 6.45) is 1.47. The SMILES string of the molecule is C=C/C(C(=O)Nc1ccccc1)=c1/c(C(=O)NC(Cc2ccccc2)C(=O)OC)c(CC)o/c1=C(/C)OC(F)F. The van der Waals surface area contributed by atoms with E-state index in [0.29, 0.717) is 5.69 Å². The molecule has 3 aromatic rings. The number of hydrogen-bond acceptors (Lipinski definition) is 6. The highest BCUT2D eigenvalue weighted by molar-refractivity contribution is 6.24. The molecule has 2 amide bonds. The van der Waals surface area contributed by atoms with Crippen molar-refractivity contribution in [2.24, 2.45) is 0 Å². The largest absolute Gasteiger partial charge is 0.467 e. The van der Waals surface area contributed by atoms with Crippen LogP contribution < -0.4 is 21.3 Å². The van der Waals surface area contributed by atoms with Crippen LogP contribution in [0.3, 0.4) is 0 Å². The second kappa shape index (κ2) is 13.9. The second-order valence-corrected chi connectivity index (χ2v) is 8.57. The molecule has 1 unspecified atom stereocenters. The van der Waals surface area contributed by atoms with Crippen LogP contribution in [0.2, 0.25) is 0 Å². The average molecular weight is 553 g/mol. The number of benzene rings is 2. The van der Waals surface area contributed by atoms with Gasteiger partial charge in [0.2, 0.25) is 0 Å². The van der Waals surface area contributed by atoms with Gasteiger partial charge < -0.3 is 24.5 Å². The lowest BCUT2D eigenvalue weighted by Crippen LogP contribution is -2.45. The van der Waals surface area contributed by atoms with Crippen LogP contribution in [0.4, 0.5) is 14.5 Å². The van der Waals surface area contributed by atoms with Gasteiger partial charge in [-0.1, -0.05) is 68.1 Å². The number of anilines is 1. The number of hydrogen-bond donors (Lipinski definition) is 2. The zero-order chi connectivity index (χ0) is 29.2. The first-order valence-corrected chi connectivity index (χ1v) is 12.4. The number of aryl methyl sites for hydroxylation is 1. The number of ether oxygens (including phenoxy) is 2. The molecule has 3 rings (SSSR count). The lowest BCUT2D eigenvalue weighted by atomic mass is 10.0. The molecule has 0 fully saturated rings. The average Bonchev–Trinajstić information content (AvgIpc) is 3.33. The maximum absolute atomic E-state index is 13.8. The van der Waals surface area contributed by atoms with Crippen LogP contribution in [0.15, 0.2) is 77.7 Å². The molecule has 0 saturated carbocycles. The van der Waals surface area contributed by atoms with E-state index in [0.717, 1.165) is 5.56 Å². The Morgan fingerprint density at radius 2 is 1.68 bits per heavy atom. The molecule has 2 N–H and O–H groups in total. The Morgan fingerprint density at radius 3 is 2.23 bits per heavy atom. The van der Waals surface area contributed by atoms with Gasteiger partial charge in [0, 0.05) is 23.7 Å². The standard InChI is InChI=1S/C30H30F2N2O6/c1-5-21(27(35)33-20-15-11-8-12-16-20)24-25(23(6-2)40-26(24)18(3)39-30(31)32)28(36)34-22(29(37)38-4)17-19-13-9-7-10-14-19/h5,7-16,22,30H,1,6,17H2,2-4H3,(H,33,35)(H,34,36)/b24-21+,26-18-. The number of nitrogens with one attached hydrogen (secondary N) is 2. The summed E-state index contributed by atoms with van der Waals surface area (Å²) in [5.74, 6) is -2.39. The number of rotatable bonds is 11. The summed E-state index contributed by atoms with van der Waals surface area (Å²) in [5, 5.41) is 5.26. The van der Waals surface area contributed by atoms with Crippen molar-refractivity contribution in [1.29, 1.82) is 0 Å². The molecule has 0 spiro atoms. The molecule has 1 atom stereocenters. The monoisotopic (exact) mass is 552 g/mol. The number of carbonyl (C=O) groups excluding carboxylic acids is 3. The molecule has 40 heavy (non-hydrogen) atoms. The van der Waals surface area contributed by atoms with Gasteiger partial charge in [-0.3, -0.25) is 9.59 Å². The van der Waals surface area contributed by atoms with E-state index in [9.17, 15) is 23.2 Å². The molecular formula is C30H30F2N2O6. The predicted octanol–water partition coefficient (Wildman–Crippen LogP) is 3.70. The minimum Gasteiger partial charge on any atom is -0.467 e. The Kier molecular flexibility index (Phi) is 10.4. The Hall–Kier alpha value is -4.73. The molecule has 0 radical (unpaired) electrons. The van der Waals surface area contributed by atoms with Crippen LogP contribution in [-0.4, -0.2) is 37.5 Å². The number of para-hydroxylation sites is 1. The molecule has 8 nitrogen and oxygen atoms in total. The van der Waals surface area contributed by atoms with E-state index >= 15 is 0 Å². The summed E-state index contributed by atoms with van der Waals surface area (Å²) < 4.78 is 41.6. The third-order valence-corrected chi connectivity index (χ3v) is 5.94. The van der Waals surface area contributed by atoms with Crippen molar-refractivity contribution in [2.75, 3.05) is 12.4 Å². The molecule has 0 saturated heterocycles. The Labute approximate surface area is 230 Å². The Morgan fingerprint density at radius 1 is 1.05 bits per heavy atom. The molecule has 0 aliphatic carbocycles. The lowest BCUT2D eigenvalue weighted by molar-refractivity contribution is -0.142. The molecule has 210 valence electrons. The smallest absolute Gasteiger partial charge is 0.387 e. The van der Waals surface area contributed by atoms with Gasteiger partial charge in [-0.25, -0.2) is 4.79 Å². The number of amides is 2. The van der Waals surface area contributed by atoms with E-state index in [1.54, 1.807) is 61.5 Å². The van der Waals surface area contributed by atoms with Gasteiger partial charge in [0.05, 0.1) is 18.2 Å². The molecular weight excluding hydrogens is 522 g/mol. The van der Waals surface area contributed by atoms with Crippen LogP contribution in [0.5, 0.6) is 0 Å². The summed E-state index contributed by atoms with van der Waals surface area (Å²) >= 11 is 0. The van der Waals surface area contributed by atoms with Crippen molar-refractivity contribution in [3.63, 3.8) is 0 Å². The quantitative estimate of drug-likeness (QED) is 0.352. The van der Waals surface area contributed by atoms with Crippen molar-refractivity contribution in [2.45, 2.75) is 39.3 Å². The maximum atomic E-state index is 13.8.